The standard InChI is InChI=1S/C29H37N3O3/c1-19-26(31-28(33)21-6-9-25(10-7-21)35-18-20-4-5-20)11-8-22-16-24(32(3)27(19)22)17-30-23-12-14-29(2,34)15-13-23/h6-11,16,20,23,30,34H,4-5,12-15,17-18H2,1-3H3,(H,31,33)/t23-,29+. The number of fused-ring (bicyclic) bond motifs is 1. The first-order valence-corrected chi connectivity index (χ1v) is 12.9. The molecule has 0 spiro atoms. The topological polar surface area (TPSA) is 75.5 Å². The Morgan fingerprint density at radius 2 is 1.83 bits per heavy atom. The average Bonchev–Trinajstić information content (AvgIpc) is 3.62. The van der Waals surface area contributed by atoms with Gasteiger partial charge in [0.25, 0.3) is 5.91 Å². The van der Waals surface area contributed by atoms with E-state index < -0.39 is 5.60 Å². The lowest BCUT2D eigenvalue weighted by Gasteiger charge is -2.33. The molecule has 6 nitrogen and oxygen atoms in total. The van der Waals surface area contributed by atoms with Crippen molar-refractivity contribution in [3.05, 3.63) is 59.3 Å². The quantitative estimate of drug-likeness (QED) is 0.413. The smallest absolute Gasteiger partial charge is 0.255 e. The molecule has 6 heteroatoms. The molecule has 0 saturated heterocycles. The Kier molecular flexibility index (Phi) is 6.60. The van der Waals surface area contributed by atoms with Crippen LogP contribution in [-0.2, 0) is 13.6 Å². The second-order valence-electron chi connectivity index (χ2n) is 10.8. The number of hydrogen-bond donors (Lipinski definition) is 3. The molecule has 5 rings (SSSR count). The normalized spacial score (nSPS) is 22.3. The second-order valence-corrected chi connectivity index (χ2v) is 10.8. The van der Waals surface area contributed by atoms with Crippen molar-refractivity contribution in [2.24, 2.45) is 13.0 Å². The summed E-state index contributed by atoms with van der Waals surface area (Å²) in [7, 11) is 2.09. The van der Waals surface area contributed by atoms with Gasteiger partial charge < -0.3 is 25.0 Å². The largest absolute Gasteiger partial charge is 0.493 e. The van der Waals surface area contributed by atoms with Crippen LogP contribution in [0.4, 0.5) is 5.69 Å². The van der Waals surface area contributed by atoms with Gasteiger partial charge in [0.05, 0.1) is 17.7 Å². The Bertz CT molecular complexity index is 1200. The number of aryl methyl sites for hydroxylation is 2. The van der Waals surface area contributed by atoms with Crippen molar-refractivity contribution >= 4 is 22.5 Å². The maximum absolute atomic E-state index is 12.9. The van der Waals surface area contributed by atoms with Crippen molar-refractivity contribution in [3.63, 3.8) is 0 Å². The van der Waals surface area contributed by atoms with Crippen LogP contribution in [-0.4, -0.2) is 33.8 Å². The van der Waals surface area contributed by atoms with Gasteiger partial charge in [0, 0.05) is 42.0 Å². The minimum Gasteiger partial charge on any atom is -0.493 e. The third kappa shape index (κ3) is 5.54. The number of hydrogen-bond acceptors (Lipinski definition) is 4. The van der Waals surface area contributed by atoms with Crippen molar-refractivity contribution in [2.75, 3.05) is 11.9 Å². The van der Waals surface area contributed by atoms with Crippen LogP contribution in [0.1, 0.15) is 67.1 Å². The third-order valence-corrected chi connectivity index (χ3v) is 7.73. The lowest BCUT2D eigenvalue weighted by atomic mass is 9.84. The summed E-state index contributed by atoms with van der Waals surface area (Å²) in [6, 6.07) is 14.1. The summed E-state index contributed by atoms with van der Waals surface area (Å²) in [5.41, 5.74) is 4.34. The van der Waals surface area contributed by atoms with Gasteiger partial charge >= 0.3 is 0 Å². The number of nitrogens with zero attached hydrogens (tertiary/aromatic N) is 1. The Morgan fingerprint density at radius 1 is 1.11 bits per heavy atom. The van der Waals surface area contributed by atoms with Gasteiger partial charge in [-0.1, -0.05) is 6.07 Å². The number of carbonyl (C=O) groups is 1. The van der Waals surface area contributed by atoms with Gasteiger partial charge in [-0.3, -0.25) is 4.79 Å². The molecule has 1 aromatic heterocycles. The highest BCUT2D eigenvalue weighted by molar-refractivity contribution is 6.06. The maximum Gasteiger partial charge on any atom is 0.255 e. The second kappa shape index (κ2) is 9.67. The molecule has 0 bridgehead atoms. The maximum atomic E-state index is 12.9. The number of ether oxygens (including phenoxy) is 1. The molecular formula is C29H37N3O3. The summed E-state index contributed by atoms with van der Waals surface area (Å²) in [4.78, 5) is 12.9. The summed E-state index contributed by atoms with van der Waals surface area (Å²) in [6.45, 7) is 5.55. The SMILES string of the molecule is Cc1c(NC(=O)c2ccc(OCC3CC3)cc2)ccc2cc(CN[C@H]3CC[C@@](C)(O)CC3)n(C)c12. The number of rotatable bonds is 8. The van der Waals surface area contributed by atoms with Crippen LogP contribution in [0.15, 0.2) is 42.5 Å². The van der Waals surface area contributed by atoms with E-state index in [0.29, 0.717) is 17.5 Å². The van der Waals surface area contributed by atoms with E-state index in [1.165, 1.54) is 23.9 Å². The van der Waals surface area contributed by atoms with Crippen molar-refractivity contribution in [1.29, 1.82) is 0 Å². The number of amides is 1. The number of benzene rings is 2. The minimum absolute atomic E-state index is 0.120. The zero-order chi connectivity index (χ0) is 24.6. The molecule has 0 radical (unpaired) electrons. The first-order chi connectivity index (χ1) is 16.8. The molecule has 2 fully saturated rings. The average molecular weight is 476 g/mol. The highest BCUT2D eigenvalue weighted by atomic mass is 16.5. The molecule has 2 aliphatic carbocycles. The van der Waals surface area contributed by atoms with E-state index in [1.807, 2.05) is 37.3 Å². The van der Waals surface area contributed by atoms with Crippen LogP contribution in [0.2, 0.25) is 0 Å². The van der Waals surface area contributed by atoms with Crippen LogP contribution >= 0.6 is 0 Å². The van der Waals surface area contributed by atoms with Gasteiger partial charge in [-0.25, -0.2) is 0 Å². The van der Waals surface area contributed by atoms with Crippen LogP contribution < -0.4 is 15.4 Å². The molecule has 0 unspecified atom stereocenters. The summed E-state index contributed by atoms with van der Waals surface area (Å²) in [5.74, 6) is 1.40. The van der Waals surface area contributed by atoms with Crippen molar-refractivity contribution in [2.45, 2.75) is 70.6 Å². The molecule has 35 heavy (non-hydrogen) atoms. The van der Waals surface area contributed by atoms with E-state index in [9.17, 15) is 9.90 Å². The van der Waals surface area contributed by atoms with Gasteiger partial charge in [-0.15, -0.1) is 0 Å². The van der Waals surface area contributed by atoms with Crippen LogP contribution in [0.3, 0.4) is 0 Å². The highest BCUT2D eigenvalue weighted by Crippen LogP contribution is 2.31. The van der Waals surface area contributed by atoms with Gasteiger partial charge in [0.2, 0.25) is 0 Å². The molecule has 2 aliphatic rings. The van der Waals surface area contributed by atoms with Gasteiger partial charge in [0.1, 0.15) is 5.75 Å². The fourth-order valence-corrected chi connectivity index (χ4v) is 5.10. The summed E-state index contributed by atoms with van der Waals surface area (Å²) < 4.78 is 8.00. The van der Waals surface area contributed by atoms with Crippen LogP contribution in [0.25, 0.3) is 10.9 Å². The predicted octanol–water partition coefficient (Wildman–Crippen LogP) is 5.31. The fourth-order valence-electron chi connectivity index (χ4n) is 5.10. The zero-order valence-corrected chi connectivity index (χ0v) is 21.1. The summed E-state index contributed by atoms with van der Waals surface area (Å²) >= 11 is 0. The Balaban J connectivity index is 1.24. The molecule has 2 aromatic carbocycles. The number of aromatic nitrogens is 1. The van der Waals surface area contributed by atoms with Gasteiger partial charge in [-0.2, -0.15) is 0 Å². The van der Waals surface area contributed by atoms with Crippen LogP contribution in [0, 0.1) is 12.8 Å². The predicted molar refractivity (Wildman–Crippen MR) is 140 cm³/mol. The lowest BCUT2D eigenvalue weighted by Crippen LogP contribution is -2.39. The molecule has 186 valence electrons. The monoisotopic (exact) mass is 475 g/mol. The molecule has 0 atom stereocenters. The molecule has 2 saturated carbocycles. The summed E-state index contributed by atoms with van der Waals surface area (Å²) in [6.07, 6.45) is 6.21. The van der Waals surface area contributed by atoms with Crippen molar-refractivity contribution in [1.82, 2.24) is 9.88 Å². The highest BCUT2D eigenvalue weighted by Gasteiger charge is 2.28. The number of aliphatic hydroxyl groups is 1. The van der Waals surface area contributed by atoms with Gasteiger partial charge in [0.15, 0.2) is 0 Å². The lowest BCUT2D eigenvalue weighted by molar-refractivity contribution is 0.0139. The van der Waals surface area contributed by atoms with E-state index >= 15 is 0 Å². The van der Waals surface area contributed by atoms with Gasteiger partial charge in [-0.05, 0) is 100 Å². The Labute approximate surface area is 207 Å². The Morgan fingerprint density at radius 3 is 2.51 bits per heavy atom. The third-order valence-electron chi connectivity index (χ3n) is 7.73. The first-order valence-electron chi connectivity index (χ1n) is 12.9. The number of anilines is 1. The molecule has 0 aliphatic heterocycles. The zero-order valence-electron chi connectivity index (χ0n) is 21.1. The molecular weight excluding hydrogens is 438 g/mol. The fraction of sp³-hybridized carbons (Fsp3) is 0.483. The molecule has 3 aromatic rings. The summed E-state index contributed by atoms with van der Waals surface area (Å²) in [5, 5.41) is 18.1. The minimum atomic E-state index is -0.512. The van der Waals surface area contributed by atoms with Crippen LogP contribution in [0.5, 0.6) is 5.75 Å². The van der Waals surface area contributed by atoms with E-state index in [0.717, 1.165) is 61.4 Å². The van der Waals surface area contributed by atoms with E-state index in [-0.39, 0.29) is 5.91 Å². The number of carbonyl (C=O) groups excluding carboxylic acids is 1. The molecule has 1 amide bonds. The molecule has 1 heterocycles. The molecule has 3 N–H and O–H groups in total. The van der Waals surface area contributed by atoms with E-state index in [4.69, 9.17) is 4.74 Å². The van der Waals surface area contributed by atoms with Crippen molar-refractivity contribution in [3.8, 4) is 5.75 Å². The first kappa shape index (κ1) is 23.9. The number of nitrogens with one attached hydrogen (secondary N) is 2. The Hall–Kier alpha value is -2.83. The van der Waals surface area contributed by atoms with E-state index in [1.54, 1.807) is 0 Å². The van der Waals surface area contributed by atoms with Crippen molar-refractivity contribution < 1.29 is 14.6 Å². The van der Waals surface area contributed by atoms with E-state index in [2.05, 4.69) is 41.3 Å².